The molecule has 2 fully saturated rings. The maximum atomic E-state index is 5.42. The molecule has 0 amide bonds. The van der Waals surface area contributed by atoms with Crippen LogP contribution in [0, 0.1) is 11.3 Å². The summed E-state index contributed by atoms with van der Waals surface area (Å²) in [4.78, 5) is 0. The van der Waals surface area contributed by atoms with Gasteiger partial charge in [0.2, 0.25) is 0 Å². The van der Waals surface area contributed by atoms with E-state index in [1.807, 2.05) is 0 Å². The third-order valence-electron chi connectivity index (χ3n) is 4.79. The Hall–Kier alpha value is -0.0800. The first-order valence-electron chi connectivity index (χ1n) is 8.13. The Morgan fingerprint density at radius 3 is 2.61 bits per heavy atom. The van der Waals surface area contributed by atoms with E-state index in [4.69, 9.17) is 4.74 Å². The highest BCUT2D eigenvalue weighted by atomic mass is 16.5. The summed E-state index contributed by atoms with van der Waals surface area (Å²) >= 11 is 0. The molecule has 0 radical (unpaired) electrons. The van der Waals surface area contributed by atoms with Gasteiger partial charge in [-0.2, -0.15) is 0 Å². The van der Waals surface area contributed by atoms with E-state index < -0.39 is 0 Å². The van der Waals surface area contributed by atoms with Crippen LogP contribution in [0.25, 0.3) is 0 Å². The molecule has 1 saturated carbocycles. The van der Waals surface area contributed by atoms with Crippen molar-refractivity contribution in [1.29, 1.82) is 0 Å². The smallest absolute Gasteiger partial charge is 0.0468 e. The van der Waals surface area contributed by atoms with Gasteiger partial charge in [-0.15, -0.1) is 0 Å². The van der Waals surface area contributed by atoms with Gasteiger partial charge in [0.1, 0.15) is 0 Å². The topological polar surface area (TPSA) is 21.3 Å². The number of nitrogens with one attached hydrogen (secondary N) is 1. The van der Waals surface area contributed by atoms with Gasteiger partial charge in [-0.05, 0) is 56.4 Å². The minimum atomic E-state index is 0.713. The molecule has 0 aromatic heterocycles. The lowest BCUT2D eigenvalue weighted by Gasteiger charge is -2.22. The van der Waals surface area contributed by atoms with Crippen molar-refractivity contribution in [2.45, 2.75) is 64.7 Å². The van der Waals surface area contributed by atoms with Crippen LogP contribution >= 0.6 is 0 Å². The number of rotatable bonds is 9. The second-order valence-electron chi connectivity index (χ2n) is 6.48. The average molecular weight is 253 g/mol. The molecular weight excluding hydrogens is 222 g/mol. The van der Waals surface area contributed by atoms with Gasteiger partial charge in [-0.25, -0.2) is 0 Å². The highest BCUT2D eigenvalue weighted by Crippen LogP contribution is 2.49. The molecule has 2 aliphatic rings. The average Bonchev–Trinajstić information content (AvgIpc) is 3.17. The van der Waals surface area contributed by atoms with Gasteiger partial charge >= 0.3 is 0 Å². The van der Waals surface area contributed by atoms with Gasteiger partial charge in [-0.3, -0.25) is 0 Å². The van der Waals surface area contributed by atoms with Gasteiger partial charge in [0.25, 0.3) is 0 Å². The Morgan fingerprint density at radius 2 is 1.94 bits per heavy atom. The molecule has 1 aliphatic heterocycles. The number of ether oxygens (including phenoxy) is 1. The van der Waals surface area contributed by atoms with Crippen LogP contribution in [0.2, 0.25) is 0 Å². The lowest BCUT2D eigenvalue weighted by molar-refractivity contribution is 0.0630. The fourth-order valence-electron chi connectivity index (χ4n) is 3.19. The summed E-state index contributed by atoms with van der Waals surface area (Å²) < 4.78 is 5.42. The molecule has 0 aromatic rings. The van der Waals surface area contributed by atoms with Crippen LogP contribution in [-0.4, -0.2) is 26.3 Å². The van der Waals surface area contributed by atoms with Gasteiger partial charge in [0.15, 0.2) is 0 Å². The van der Waals surface area contributed by atoms with E-state index >= 15 is 0 Å². The Balaban J connectivity index is 1.49. The molecule has 0 atom stereocenters. The van der Waals surface area contributed by atoms with Crippen LogP contribution < -0.4 is 5.32 Å². The van der Waals surface area contributed by atoms with E-state index in [2.05, 4.69) is 12.2 Å². The third-order valence-corrected chi connectivity index (χ3v) is 4.79. The van der Waals surface area contributed by atoms with Crippen LogP contribution in [0.4, 0.5) is 0 Å². The van der Waals surface area contributed by atoms with Gasteiger partial charge in [0.05, 0.1) is 0 Å². The molecule has 1 heterocycles. The van der Waals surface area contributed by atoms with E-state index in [0.717, 1.165) is 19.1 Å². The molecule has 0 unspecified atom stereocenters. The van der Waals surface area contributed by atoms with Crippen molar-refractivity contribution in [3.63, 3.8) is 0 Å². The largest absolute Gasteiger partial charge is 0.381 e. The van der Waals surface area contributed by atoms with E-state index in [1.165, 1.54) is 70.9 Å². The van der Waals surface area contributed by atoms with Crippen molar-refractivity contribution in [3.05, 3.63) is 0 Å². The lowest BCUT2D eigenvalue weighted by atomic mass is 9.91. The molecule has 1 aliphatic carbocycles. The zero-order valence-corrected chi connectivity index (χ0v) is 12.2. The molecule has 1 saturated heterocycles. The SMILES string of the molecule is CCCNCC1(CCCCC2CCOCC2)CC1. The van der Waals surface area contributed by atoms with E-state index in [9.17, 15) is 0 Å². The molecule has 0 bridgehead atoms. The Kier molecular flexibility index (Phi) is 5.97. The lowest BCUT2D eigenvalue weighted by Crippen LogP contribution is -2.24. The number of unbranched alkanes of at least 4 members (excludes halogenated alkanes) is 1. The van der Waals surface area contributed by atoms with Crippen molar-refractivity contribution < 1.29 is 4.74 Å². The van der Waals surface area contributed by atoms with Crippen molar-refractivity contribution in [1.82, 2.24) is 5.32 Å². The normalized spacial score (nSPS) is 23.2. The highest BCUT2D eigenvalue weighted by Gasteiger charge is 2.40. The first kappa shape index (κ1) is 14.3. The summed E-state index contributed by atoms with van der Waals surface area (Å²) in [5.41, 5.74) is 0.713. The molecule has 1 N–H and O–H groups in total. The Labute approximate surface area is 113 Å². The van der Waals surface area contributed by atoms with Crippen molar-refractivity contribution in [2.24, 2.45) is 11.3 Å². The van der Waals surface area contributed by atoms with E-state index in [-0.39, 0.29) is 0 Å². The fraction of sp³-hybridized carbons (Fsp3) is 1.00. The predicted molar refractivity (Wildman–Crippen MR) is 76.8 cm³/mol. The summed E-state index contributed by atoms with van der Waals surface area (Å²) in [5.74, 6) is 0.965. The molecule has 106 valence electrons. The summed E-state index contributed by atoms with van der Waals surface area (Å²) in [6.07, 6.45) is 12.6. The molecule has 2 heteroatoms. The fourth-order valence-corrected chi connectivity index (χ4v) is 3.19. The quantitative estimate of drug-likeness (QED) is 0.632. The standard InChI is InChI=1S/C16H31NO/c1-2-11-17-14-16(9-10-16)8-4-3-5-15-6-12-18-13-7-15/h15,17H,2-14H2,1H3. The molecule has 0 aromatic carbocycles. The maximum Gasteiger partial charge on any atom is 0.0468 e. The van der Waals surface area contributed by atoms with Gasteiger partial charge < -0.3 is 10.1 Å². The third kappa shape index (κ3) is 4.89. The number of hydrogen-bond donors (Lipinski definition) is 1. The van der Waals surface area contributed by atoms with Crippen molar-refractivity contribution in [2.75, 3.05) is 26.3 Å². The first-order chi connectivity index (χ1) is 8.85. The summed E-state index contributed by atoms with van der Waals surface area (Å²) in [6, 6.07) is 0. The van der Waals surface area contributed by atoms with Crippen LogP contribution in [0.5, 0.6) is 0 Å². The maximum absolute atomic E-state index is 5.42. The van der Waals surface area contributed by atoms with Crippen LogP contribution in [-0.2, 0) is 4.74 Å². The number of hydrogen-bond acceptors (Lipinski definition) is 2. The molecule has 18 heavy (non-hydrogen) atoms. The highest BCUT2D eigenvalue weighted by molar-refractivity contribution is 4.94. The van der Waals surface area contributed by atoms with Crippen molar-refractivity contribution in [3.8, 4) is 0 Å². The molecule has 0 spiro atoms. The van der Waals surface area contributed by atoms with Crippen LogP contribution in [0.3, 0.4) is 0 Å². The summed E-state index contributed by atoms with van der Waals surface area (Å²) in [6.45, 7) is 6.74. The zero-order valence-electron chi connectivity index (χ0n) is 12.2. The monoisotopic (exact) mass is 253 g/mol. The summed E-state index contributed by atoms with van der Waals surface area (Å²) in [5, 5.41) is 3.61. The van der Waals surface area contributed by atoms with Crippen molar-refractivity contribution >= 4 is 0 Å². The second-order valence-corrected chi connectivity index (χ2v) is 6.48. The molecule has 2 rings (SSSR count). The first-order valence-corrected chi connectivity index (χ1v) is 8.13. The minimum Gasteiger partial charge on any atom is -0.381 e. The van der Waals surface area contributed by atoms with Crippen LogP contribution in [0.15, 0.2) is 0 Å². The minimum absolute atomic E-state index is 0.713. The van der Waals surface area contributed by atoms with Gasteiger partial charge in [-0.1, -0.05) is 26.2 Å². The second kappa shape index (κ2) is 7.49. The van der Waals surface area contributed by atoms with Gasteiger partial charge in [0, 0.05) is 19.8 Å². The molecular formula is C16H31NO. The predicted octanol–water partition coefficient (Wildman–Crippen LogP) is 3.75. The molecule has 2 nitrogen and oxygen atoms in total. The Morgan fingerprint density at radius 1 is 1.17 bits per heavy atom. The van der Waals surface area contributed by atoms with E-state index in [1.54, 1.807) is 0 Å². The zero-order chi connectivity index (χ0) is 12.7. The Bertz CT molecular complexity index is 219. The summed E-state index contributed by atoms with van der Waals surface area (Å²) in [7, 11) is 0. The van der Waals surface area contributed by atoms with E-state index in [0.29, 0.717) is 5.41 Å². The van der Waals surface area contributed by atoms with Crippen LogP contribution in [0.1, 0.15) is 64.7 Å².